The lowest BCUT2D eigenvalue weighted by molar-refractivity contribution is 0.195. The van der Waals surface area contributed by atoms with Gasteiger partial charge in [0.15, 0.2) is 0 Å². The summed E-state index contributed by atoms with van der Waals surface area (Å²) in [6, 6.07) is 0. The van der Waals surface area contributed by atoms with Crippen LogP contribution in [0.15, 0.2) is 0 Å². The van der Waals surface area contributed by atoms with E-state index in [0.717, 1.165) is 6.42 Å². The van der Waals surface area contributed by atoms with Crippen molar-refractivity contribution in [1.29, 1.82) is 0 Å². The maximum Gasteiger partial charge on any atom is 0.0895 e. The highest BCUT2D eigenvalue weighted by Crippen LogP contribution is 1.90. The molecule has 0 bridgehead atoms. The van der Waals surface area contributed by atoms with Gasteiger partial charge >= 0.3 is 0 Å². The Morgan fingerprint density at radius 1 is 1.50 bits per heavy atom. The summed E-state index contributed by atoms with van der Waals surface area (Å²) in [6.45, 7) is 3.86. The quantitative estimate of drug-likeness (QED) is 0.502. The third-order valence-corrected chi connectivity index (χ3v) is 0.812. The summed E-state index contributed by atoms with van der Waals surface area (Å²) in [5, 5.41) is 0. The van der Waals surface area contributed by atoms with E-state index in [0.29, 0.717) is 13.0 Å². The van der Waals surface area contributed by atoms with Gasteiger partial charge in [0.2, 0.25) is 0 Å². The van der Waals surface area contributed by atoms with Gasteiger partial charge in [-0.15, -0.1) is 0 Å². The largest absolute Gasteiger partial charge is 0.376 e. The Morgan fingerprint density at radius 3 is 2.75 bits per heavy atom. The van der Waals surface area contributed by atoms with Crippen molar-refractivity contribution in [2.45, 2.75) is 19.8 Å². The van der Waals surface area contributed by atoms with Crippen molar-refractivity contribution in [3.8, 4) is 0 Å². The topological polar surface area (TPSA) is 9.23 Å². The Labute approximate surface area is 49.8 Å². The molecule has 0 aliphatic heterocycles. The lowest BCUT2D eigenvalue weighted by atomic mass is 10.3. The molecule has 8 heavy (non-hydrogen) atoms. The first-order valence-corrected chi connectivity index (χ1v) is 2.87. The van der Waals surface area contributed by atoms with E-state index in [4.69, 9.17) is 4.74 Å². The van der Waals surface area contributed by atoms with Crippen molar-refractivity contribution in [3.05, 3.63) is 6.61 Å². The Hall–Kier alpha value is -0.110. The average Bonchev–Trinajstić information content (AvgIpc) is 1.81. The summed E-state index contributed by atoms with van der Waals surface area (Å²) in [4.78, 5) is 0. The minimum atomic E-state index is -0.229. The fourth-order valence-electron chi connectivity index (χ4n) is 0.398. The van der Waals surface area contributed by atoms with E-state index in [-0.39, 0.29) is 6.67 Å². The SMILES string of the molecule is C[CH]OCCCCF. The van der Waals surface area contributed by atoms with Gasteiger partial charge in [0, 0.05) is 6.61 Å². The summed E-state index contributed by atoms with van der Waals surface area (Å²) in [6.07, 6.45) is 1.44. The smallest absolute Gasteiger partial charge is 0.0895 e. The molecule has 0 spiro atoms. The Balaban J connectivity index is 2.53. The van der Waals surface area contributed by atoms with Crippen molar-refractivity contribution in [3.63, 3.8) is 0 Å². The highest BCUT2D eigenvalue weighted by Gasteiger charge is 1.84. The molecular formula is C6H12FO. The van der Waals surface area contributed by atoms with Crippen LogP contribution in [0.3, 0.4) is 0 Å². The summed E-state index contributed by atoms with van der Waals surface area (Å²) >= 11 is 0. The molecule has 0 aliphatic carbocycles. The first-order chi connectivity index (χ1) is 3.91. The Morgan fingerprint density at radius 2 is 2.25 bits per heavy atom. The third-order valence-electron chi connectivity index (χ3n) is 0.812. The second kappa shape index (κ2) is 6.89. The van der Waals surface area contributed by atoms with Crippen LogP contribution in [0.2, 0.25) is 0 Å². The molecule has 1 nitrogen and oxygen atoms in total. The van der Waals surface area contributed by atoms with Gasteiger partial charge in [-0.1, -0.05) is 0 Å². The van der Waals surface area contributed by atoms with E-state index < -0.39 is 0 Å². The molecule has 0 heterocycles. The molecule has 0 aliphatic rings. The first-order valence-electron chi connectivity index (χ1n) is 2.87. The van der Waals surface area contributed by atoms with Crippen LogP contribution in [0, 0.1) is 6.61 Å². The monoisotopic (exact) mass is 119 g/mol. The van der Waals surface area contributed by atoms with Gasteiger partial charge in [0.1, 0.15) is 0 Å². The zero-order valence-corrected chi connectivity index (χ0v) is 5.19. The Bertz CT molecular complexity index is 33.5. The van der Waals surface area contributed by atoms with E-state index in [9.17, 15) is 4.39 Å². The zero-order valence-electron chi connectivity index (χ0n) is 5.19. The number of hydrogen-bond donors (Lipinski definition) is 0. The van der Waals surface area contributed by atoms with Crippen LogP contribution in [0.25, 0.3) is 0 Å². The number of halogens is 1. The highest BCUT2D eigenvalue weighted by molar-refractivity contribution is 4.38. The molecule has 2 heteroatoms. The molecule has 0 fully saturated rings. The third kappa shape index (κ3) is 5.89. The lowest BCUT2D eigenvalue weighted by Crippen LogP contribution is -1.89. The number of rotatable bonds is 5. The zero-order chi connectivity index (χ0) is 6.24. The highest BCUT2D eigenvalue weighted by atomic mass is 19.1. The van der Waals surface area contributed by atoms with Gasteiger partial charge in [0.05, 0.1) is 13.3 Å². The summed E-state index contributed by atoms with van der Waals surface area (Å²) in [5.74, 6) is 0. The van der Waals surface area contributed by atoms with Crippen LogP contribution < -0.4 is 0 Å². The van der Waals surface area contributed by atoms with Crippen molar-refractivity contribution < 1.29 is 9.13 Å². The molecule has 49 valence electrons. The second-order valence-corrected chi connectivity index (χ2v) is 1.50. The van der Waals surface area contributed by atoms with Crippen molar-refractivity contribution >= 4 is 0 Å². The second-order valence-electron chi connectivity index (χ2n) is 1.50. The predicted octanol–water partition coefficient (Wildman–Crippen LogP) is 1.93. The maximum absolute atomic E-state index is 11.4. The molecule has 0 N–H and O–H groups in total. The molecule has 0 aromatic carbocycles. The van der Waals surface area contributed by atoms with E-state index in [1.165, 1.54) is 0 Å². The standard InChI is InChI=1S/C6H12FO/c1-2-8-6-4-3-5-7/h2H,3-6H2,1H3. The van der Waals surface area contributed by atoms with E-state index in [2.05, 4.69) is 0 Å². The normalized spacial score (nSPS) is 9.75. The minimum Gasteiger partial charge on any atom is -0.376 e. The average molecular weight is 119 g/mol. The molecule has 0 amide bonds. The van der Waals surface area contributed by atoms with Gasteiger partial charge in [-0.2, -0.15) is 0 Å². The van der Waals surface area contributed by atoms with Crippen molar-refractivity contribution in [2.75, 3.05) is 13.3 Å². The maximum atomic E-state index is 11.4. The molecule has 0 saturated heterocycles. The van der Waals surface area contributed by atoms with Crippen LogP contribution in [0.1, 0.15) is 19.8 Å². The van der Waals surface area contributed by atoms with Gasteiger partial charge in [0.25, 0.3) is 0 Å². The first kappa shape index (κ1) is 7.89. The fourth-order valence-corrected chi connectivity index (χ4v) is 0.398. The lowest BCUT2D eigenvalue weighted by Gasteiger charge is -1.95. The molecule has 0 aromatic heterocycles. The molecule has 0 atom stereocenters. The molecular weight excluding hydrogens is 107 g/mol. The number of unbranched alkanes of at least 4 members (excludes halogenated alkanes) is 1. The summed E-state index contributed by atoms with van der Waals surface area (Å²) in [7, 11) is 0. The summed E-state index contributed by atoms with van der Waals surface area (Å²) < 4.78 is 16.2. The predicted molar refractivity (Wildman–Crippen MR) is 31.1 cm³/mol. The van der Waals surface area contributed by atoms with Gasteiger partial charge < -0.3 is 4.74 Å². The van der Waals surface area contributed by atoms with Gasteiger partial charge in [-0.05, 0) is 19.8 Å². The van der Waals surface area contributed by atoms with E-state index in [1.54, 1.807) is 6.61 Å². The van der Waals surface area contributed by atoms with Crippen LogP contribution in [-0.4, -0.2) is 13.3 Å². The van der Waals surface area contributed by atoms with Crippen LogP contribution in [0.4, 0.5) is 4.39 Å². The van der Waals surface area contributed by atoms with Crippen LogP contribution in [-0.2, 0) is 4.74 Å². The molecule has 0 unspecified atom stereocenters. The number of hydrogen-bond acceptors (Lipinski definition) is 1. The molecule has 0 saturated carbocycles. The van der Waals surface area contributed by atoms with Crippen LogP contribution >= 0.6 is 0 Å². The molecule has 0 rings (SSSR count). The number of alkyl halides is 1. The van der Waals surface area contributed by atoms with Gasteiger partial charge in [-0.3, -0.25) is 4.39 Å². The van der Waals surface area contributed by atoms with Crippen LogP contribution in [0.5, 0.6) is 0 Å². The molecule has 0 aromatic rings. The minimum absolute atomic E-state index is 0.229. The van der Waals surface area contributed by atoms with Crippen molar-refractivity contribution in [1.82, 2.24) is 0 Å². The summed E-state index contributed by atoms with van der Waals surface area (Å²) in [5.41, 5.74) is 0. The van der Waals surface area contributed by atoms with E-state index >= 15 is 0 Å². The number of ether oxygens (including phenoxy) is 1. The molecule has 1 radical (unpaired) electrons. The van der Waals surface area contributed by atoms with Gasteiger partial charge in [-0.25, -0.2) is 0 Å². The fraction of sp³-hybridized carbons (Fsp3) is 0.833. The van der Waals surface area contributed by atoms with Crippen molar-refractivity contribution in [2.24, 2.45) is 0 Å². The van der Waals surface area contributed by atoms with E-state index in [1.807, 2.05) is 6.92 Å². The Kier molecular flexibility index (Phi) is 6.80.